The molecular weight excluding hydrogens is 372 g/mol. The number of nitrogens with zero attached hydrogens (tertiary/aromatic N) is 2. The van der Waals surface area contributed by atoms with Crippen molar-refractivity contribution in [1.82, 2.24) is 9.80 Å². The Balaban J connectivity index is 1.44. The van der Waals surface area contributed by atoms with E-state index in [0.29, 0.717) is 17.7 Å². The Morgan fingerprint density at radius 2 is 2.08 bits per heavy atom. The second-order valence-electron chi connectivity index (χ2n) is 7.62. The first kappa shape index (κ1) is 18.7. The van der Waals surface area contributed by atoms with E-state index in [1.54, 1.807) is 11.8 Å². The van der Waals surface area contributed by atoms with Crippen LogP contribution < -0.4 is 0 Å². The van der Waals surface area contributed by atoms with Crippen LogP contribution >= 0.6 is 23.5 Å². The molecular formula is C18H26N2O4S2. The van der Waals surface area contributed by atoms with Crippen molar-refractivity contribution >= 4 is 35.4 Å². The molecule has 2 N–H and O–H groups in total. The highest BCUT2D eigenvalue weighted by Crippen LogP contribution is 2.55. The second kappa shape index (κ2) is 7.37. The van der Waals surface area contributed by atoms with Gasteiger partial charge in [-0.1, -0.05) is 31.5 Å². The Hall–Kier alpha value is -0.700. The number of carboxylic acids is 1. The number of β-lactam (4-membered cyclic amide) rings is 1. The van der Waals surface area contributed by atoms with Crippen molar-refractivity contribution in [3.63, 3.8) is 0 Å². The summed E-state index contributed by atoms with van der Waals surface area (Å²) >= 11 is 3.09. The van der Waals surface area contributed by atoms with E-state index in [9.17, 15) is 19.8 Å². The number of carbonyl (C=O) groups excluding carboxylic acids is 1. The van der Waals surface area contributed by atoms with Gasteiger partial charge in [0.15, 0.2) is 5.70 Å². The SMILES string of the molecule is CC[C@H](O)[C@@H]1C(=O)N2C(C(=O)O)=C(SC3CCN(C4CCCC4)C3)S[C@H]12. The number of aliphatic hydroxyl groups excluding tert-OH is 1. The van der Waals surface area contributed by atoms with E-state index >= 15 is 0 Å². The number of thioether (sulfide) groups is 2. The summed E-state index contributed by atoms with van der Waals surface area (Å²) in [4.78, 5) is 28.2. The van der Waals surface area contributed by atoms with Gasteiger partial charge in [-0.2, -0.15) is 0 Å². The molecule has 0 radical (unpaired) electrons. The molecule has 1 unspecified atom stereocenters. The molecule has 1 aliphatic carbocycles. The smallest absolute Gasteiger partial charge is 0.354 e. The zero-order valence-corrected chi connectivity index (χ0v) is 16.6. The van der Waals surface area contributed by atoms with Gasteiger partial charge in [0.25, 0.3) is 0 Å². The van der Waals surface area contributed by atoms with Crippen LogP contribution in [0.15, 0.2) is 9.93 Å². The highest BCUT2D eigenvalue weighted by atomic mass is 32.2. The van der Waals surface area contributed by atoms with Gasteiger partial charge in [0.05, 0.1) is 16.3 Å². The normalized spacial score (nSPS) is 33.7. The van der Waals surface area contributed by atoms with Gasteiger partial charge >= 0.3 is 5.97 Å². The van der Waals surface area contributed by atoms with Gasteiger partial charge in [0.2, 0.25) is 5.91 Å². The first-order valence-corrected chi connectivity index (χ1v) is 11.3. The fraction of sp³-hybridized carbons (Fsp3) is 0.778. The lowest BCUT2D eigenvalue weighted by Gasteiger charge is -2.44. The summed E-state index contributed by atoms with van der Waals surface area (Å²) in [5.41, 5.74) is 0.133. The lowest BCUT2D eigenvalue weighted by molar-refractivity contribution is -0.157. The van der Waals surface area contributed by atoms with Gasteiger partial charge in [-0.15, -0.1) is 11.8 Å². The summed E-state index contributed by atoms with van der Waals surface area (Å²) in [6, 6.07) is 0.704. The quantitative estimate of drug-likeness (QED) is 0.665. The van der Waals surface area contributed by atoms with Crippen LogP contribution in [-0.2, 0) is 9.59 Å². The molecule has 6 nitrogen and oxygen atoms in total. The van der Waals surface area contributed by atoms with E-state index in [-0.39, 0.29) is 17.0 Å². The Morgan fingerprint density at radius 3 is 2.73 bits per heavy atom. The molecule has 0 bridgehead atoms. The fourth-order valence-corrected chi connectivity index (χ4v) is 7.89. The lowest BCUT2D eigenvalue weighted by Crippen LogP contribution is -2.61. The topological polar surface area (TPSA) is 81.1 Å². The van der Waals surface area contributed by atoms with Crippen molar-refractivity contribution < 1.29 is 19.8 Å². The maximum absolute atomic E-state index is 12.4. The highest BCUT2D eigenvalue weighted by molar-refractivity contribution is 8.23. The number of aliphatic hydroxyl groups is 1. The summed E-state index contributed by atoms with van der Waals surface area (Å²) in [7, 11) is 0. The molecule has 3 aliphatic heterocycles. The molecule has 2 saturated heterocycles. The summed E-state index contributed by atoms with van der Waals surface area (Å²) in [6.45, 7) is 3.94. The molecule has 0 aromatic carbocycles. The molecule has 0 aromatic rings. The standard InChI is InChI=1S/C18H26N2O4S2/c1-2-12(21)13-15(22)20-14(17(23)24)18(26-16(13)20)25-11-7-8-19(9-11)10-5-3-4-6-10/h10-13,16,21H,2-9H2,1H3,(H,23,24)/t11?,12-,13+,16+/m0/s1. The Bertz CT molecular complexity index is 635. The maximum atomic E-state index is 12.4. The number of fused-ring (bicyclic) bond motifs is 1. The average Bonchev–Trinajstić information content (AvgIpc) is 3.33. The van der Waals surface area contributed by atoms with Crippen LogP contribution in [0.25, 0.3) is 0 Å². The Morgan fingerprint density at radius 1 is 1.35 bits per heavy atom. The predicted molar refractivity (Wildman–Crippen MR) is 102 cm³/mol. The van der Waals surface area contributed by atoms with E-state index in [0.717, 1.165) is 23.7 Å². The number of amides is 1. The number of rotatable bonds is 6. The van der Waals surface area contributed by atoms with Crippen molar-refractivity contribution in [3.8, 4) is 0 Å². The number of aliphatic carboxylic acids is 1. The Labute approximate surface area is 162 Å². The molecule has 4 rings (SSSR count). The fourth-order valence-electron chi connectivity index (χ4n) is 4.60. The summed E-state index contributed by atoms with van der Waals surface area (Å²) < 4.78 is 0.750. The van der Waals surface area contributed by atoms with Crippen LogP contribution in [0.2, 0.25) is 0 Å². The average molecular weight is 399 g/mol. The number of hydrogen-bond donors (Lipinski definition) is 2. The minimum absolute atomic E-state index is 0.133. The minimum Gasteiger partial charge on any atom is -0.477 e. The van der Waals surface area contributed by atoms with Crippen molar-refractivity contribution in [2.45, 2.75) is 68.2 Å². The predicted octanol–water partition coefficient (Wildman–Crippen LogP) is 2.29. The van der Waals surface area contributed by atoms with Gasteiger partial charge in [0.1, 0.15) is 5.37 Å². The third kappa shape index (κ3) is 3.08. The van der Waals surface area contributed by atoms with Crippen molar-refractivity contribution in [1.29, 1.82) is 0 Å². The van der Waals surface area contributed by atoms with E-state index < -0.39 is 18.0 Å². The van der Waals surface area contributed by atoms with Crippen LogP contribution in [0.5, 0.6) is 0 Å². The van der Waals surface area contributed by atoms with E-state index in [1.807, 2.05) is 6.92 Å². The van der Waals surface area contributed by atoms with Crippen LogP contribution in [0.3, 0.4) is 0 Å². The zero-order chi connectivity index (χ0) is 18.4. The van der Waals surface area contributed by atoms with Crippen molar-refractivity contribution in [2.24, 2.45) is 5.92 Å². The molecule has 4 atom stereocenters. The first-order valence-electron chi connectivity index (χ1n) is 9.57. The zero-order valence-electron chi connectivity index (χ0n) is 15.0. The highest BCUT2D eigenvalue weighted by Gasteiger charge is 2.58. The van der Waals surface area contributed by atoms with Crippen molar-refractivity contribution in [2.75, 3.05) is 13.1 Å². The summed E-state index contributed by atoms with van der Waals surface area (Å²) in [5, 5.41) is 19.9. The third-order valence-corrected chi connectivity index (χ3v) is 8.93. The van der Waals surface area contributed by atoms with Crippen molar-refractivity contribution in [3.05, 3.63) is 9.93 Å². The van der Waals surface area contributed by atoms with E-state index in [2.05, 4.69) is 4.90 Å². The van der Waals surface area contributed by atoms with Crippen LogP contribution in [0, 0.1) is 5.92 Å². The molecule has 1 saturated carbocycles. The van der Waals surface area contributed by atoms with Gasteiger partial charge in [-0.3, -0.25) is 14.6 Å². The second-order valence-corrected chi connectivity index (χ2v) is 10.3. The van der Waals surface area contributed by atoms with E-state index in [4.69, 9.17) is 0 Å². The van der Waals surface area contributed by atoms with Crippen LogP contribution in [0.4, 0.5) is 0 Å². The molecule has 26 heavy (non-hydrogen) atoms. The number of hydrogen-bond acceptors (Lipinski definition) is 6. The molecule has 8 heteroatoms. The molecule has 1 amide bonds. The molecule has 3 fully saturated rings. The summed E-state index contributed by atoms with van der Waals surface area (Å²) in [6.07, 6.45) is 6.10. The number of carboxylic acid groups (broad SMARTS) is 1. The molecule has 3 heterocycles. The largest absolute Gasteiger partial charge is 0.477 e. The van der Waals surface area contributed by atoms with E-state index in [1.165, 1.54) is 42.3 Å². The van der Waals surface area contributed by atoms with Gasteiger partial charge < -0.3 is 10.2 Å². The Kier molecular flexibility index (Phi) is 5.29. The lowest BCUT2D eigenvalue weighted by atomic mass is 9.90. The van der Waals surface area contributed by atoms with Gasteiger partial charge in [-0.25, -0.2) is 4.79 Å². The summed E-state index contributed by atoms with van der Waals surface area (Å²) in [5.74, 6) is -1.76. The minimum atomic E-state index is -1.04. The first-order chi connectivity index (χ1) is 12.5. The molecule has 0 spiro atoms. The third-order valence-electron chi connectivity index (χ3n) is 6.07. The number of carbonyl (C=O) groups is 2. The maximum Gasteiger partial charge on any atom is 0.354 e. The monoisotopic (exact) mass is 398 g/mol. The molecule has 4 aliphatic rings. The number of likely N-dealkylation sites (tertiary alicyclic amines) is 1. The van der Waals surface area contributed by atoms with Gasteiger partial charge in [-0.05, 0) is 32.2 Å². The molecule has 144 valence electrons. The van der Waals surface area contributed by atoms with Crippen LogP contribution in [-0.4, -0.2) is 67.7 Å². The van der Waals surface area contributed by atoms with Gasteiger partial charge in [0, 0.05) is 17.8 Å². The molecule has 0 aromatic heterocycles. The van der Waals surface area contributed by atoms with Crippen LogP contribution in [0.1, 0.15) is 45.4 Å².